The minimum absolute atomic E-state index is 0.488. The van der Waals surface area contributed by atoms with Gasteiger partial charge in [0.1, 0.15) is 16.7 Å². The van der Waals surface area contributed by atoms with Crippen molar-refractivity contribution in [2.45, 2.75) is 18.6 Å². The summed E-state index contributed by atoms with van der Waals surface area (Å²) in [6.45, 7) is 1.72. The van der Waals surface area contributed by atoms with Crippen LogP contribution in [-0.2, 0) is 6.54 Å². The van der Waals surface area contributed by atoms with Crippen molar-refractivity contribution >= 4 is 28.4 Å². The lowest BCUT2D eigenvalue weighted by atomic mass is 10.2. The highest BCUT2D eigenvalue weighted by molar-refractivity contribution is 6.70. The molecule has 1 atom stereocenters. The Hall–Kier alpha value is -1.39. The van der Waals surface area contributed by atoms with E-state index in [0.717, 1.165) is 36.7 Å². The largest absolute Gasteiger partial charge is 0.497 e. The lowest BCUT2D eigenvalue weighted by Gasteiger charge is -2.26. The molecule has 0 bridgehead atoms. The van der Waals surface area contributed by atoms with Gasteiger partial charge in [-0.3, -0.25) is 0 Å². The van der Waals surface area contributed by atoms with Crippen molar-refractivity contribution in [1.82, 2.24) is 10.2 Å². The average Bonchev–Trinajstić information content (AvgIpc) is 2.83. The summed E-state index contributed by atoms with van der Waals surface area (Å²) in [6, 6.07) is 8.06. The molecule has 0 amide bonds. The van der Waals surface area contributed by atoms with Gasteiger partial charge in [-0.15, -0.1) is 0 Å². The quantitative estimate of drug-likeness (QED) is 0.689. The molecule has 1 aromatic carbocycles. The van der Waals surface area contributed by atoms with Gasteiger partial charge in [-0.25, -0.2) is 4.99 Å². The van der Waals surface area contributed by atoms with E-state index in [0.29, 0.717) is 5.17 Å². The van der Waals surface area contributed by atoms with Crippen LogP contribution < -0.4 is 10.1 Å². The molecule has 0 radical (unpaired) electrons. The van der Waals surface area contributed by atoms with E-state index in [2.05, 4.69) is 27.3 Å². The molecule has 0 aliphatic carbocycles. The Morgan fingerprint density at radius 2 is 2.15 bits per heavy atom. The first-order valence-electron chi connectivity index (χ1n) is 6.42. The molecule has 2 aliphatic rings. The standard InChI is InChI=1S/C14H15Cl2N3O/c1-20-10-4-2-9(3-5-10)8-19-7-6-11-12(15)17-14(16)18-13(11)19/h2-5,14,18H,6-8H2,1H3. The van der Waals surface area contributed by atoms with Gasteiger partial charge in [0.2, 0.25) is 0 Å². The van der Waals surface area contributed by atoms with Crippen LogP contribution in [0.15, 0.2) is 40.7 Å². The summed E-state index contributed by atoms with van der Waals surface area (Å²) >= 11 is 12.2. The number of rotatable bonds is 3. The van der Waals surface area contributed by atoms with E-state index in [1.54, 1.807) is 7.11 Å². The summed E-state index contributed by atoms with van der Waals surface area (Å²) in [5.41, 5.74) is 1.78. The summed E-state index contributed by atoms with van der Waals surface area (Å²) in [7, 11) is 1.67. The first-order valence-corrected chi connectivity index (χ1v) is 7.24. The fourth-order valence-corrected chi connectivity index (χ4v) is 3.01. The number of alkyl halides is 1. The second-order valence-corrected chi connectivity index (χ2v) is 5.52. The zero-order chi connectivity index (χ0) is 14.1. The van der Waals surface area contributed by atoms with Crippen LogP contribution in [-0.4, -0.2) is 29.4 Å². The molecule has 1 N–H and O–H groups in total. The van der Waals surface area contributed by atoms with Crippen LogP contribution in [0.4, 0.5) is 0 Å². The van der Waals surface area contributed by atoms with E-state index in [-0.39, 0.29) is 0 Å². The third-order valence-corrected chi connectivity index (χ3v) is 4.03. The Labute approximate surface area is 128 Å². The van der Waals surface area contributed by atoms with Gasteiger partial charge in [-0.1, -0.05) is 35.3 Å². The maximum Gasteiger partial charge on any atom is 0.198 e. The number of aliphatic imine (C=N–C) groups is 1. The molecular formula is C14H15Cl2N3O. The van der Waals surface area contributed by atoms with Crippen LogP contribution in [0, 0.1) is 0 Å². The normalized spacial score (nSPS) is 21.4. The number of benzene rings is 1. The number of hydrogen-bond acceptors (Lipinski definition) is 4. The van der Waals surface area contributed by atoms with Gasteiger partial charge < -0.3 is 15.0 Å². The molecule has 0 aromatic heterocycles. The van der Waals surface area contributed by atoms with Crippen molar-refractivity contribution in [1.29, 1.82) is 0 Å². The van der Waals surface area contributed by atoms with Crippen LogP contribution in [0.25, 0.3) is 0 Å². The van der Waals surface area contributed by atoms with Crippen molar-refractivity contribution in [2.24, 2.45) is 4.99 Å². The molecule has 3 rings (SSSR count). The molecule has 20 heavy (non-hydrogen) atoms. The van der Waals surface area contributed by atoms with E-state index in [9.17, 15) is 0 Å². The summed E-state index contributed by atoms with van der Waals surface area (Å²) in [5, 5.41) is 3.70. The number of methoxy groups -OCH3 is 1. The zero-order valence-corrected chi connectivity index (χ0v) is 12.6. The van der Waals surface area contributed by atoms with Crippen molar-refractivity contribution in [3.63, 3.8) is 0 Å². The zero-order valence-electron chi connectivity index (χ0n) is 11.1. The summed E-state index contributed by atoms with van der Waals surface area (Å²) in [5.74, 6) is 1.86. The molecule has 0 saturated carbocycles. The predicted octanol–water partition coefficient (Wildman–Crippen LogP) is 2.88. The lowest BCUT2D eigenvalue weighted by molar-refractivity contribution is 0.340. The van der Waals surface area contributed by atoms with Crippen molar-refractivity contribution in [2.75, 3.05) is 13.7 Å². The summed E-state index contributed by atoms with van der Waals surface area (Å²) < 4.78 is 5.17. The topological polar surface area (TPSA) is 36.9 Å². The minimum atomic E-state index is -0.488. The van der Waals surface area contributed by atoms with Crippen molar-refractivity contribution < 1.29 is 4.74 Å². The van der Waals surface area contributed by atoms with Crippen LogP contribution >= 0.6 is 23.2 Å². The van der Waals surface area contributed by atoms with Crippen molar-refractivity contribution in [3.05, 3.63) is 41.2 Å². The molecule has 2 aliphatic heterocycles. The van der Waals surface area contributed by atoms with Gasteiger partial charge in [0.05, 0.1) is 7.11 Å². The molecule has 6 heteroatoms. The number of nitrogens with zero attached hydrogens (tertiary/aromatic N) is 2. The fourth-order valence-electron chi connectivity index (χ4n) is 2.48. The minimum Gasteiger partial charge on any atom is -0.497 e. The third-order valence-electron chi connectivity index (χ3n) is 3.50. The molecule has 0 saturated heterocycles. The van der Waals surface area contributed by atoms with Crippen LogP contribution in [0.3, 0.4) is 0 Å². The smallest absolute Gasteiger partial charge is 0.198 e. The Morgan fingerprint density at radius 1 is 1.40 bits per heavy atom. The van der Waals surface area contributed by atoms with Gasteiger partial charge in [-0.2, -0.15) is 0 Å². The molecule has 2 heterocycles. The second kappa shape index (κ2) is 5.54. The van der Waals surface area contributed by atoms with Crippen LogP contribution in [0.2, 0.25) is 0 Å². The first-order chi connectivity index (χ1) is 9.67. The Morgan fingerprint density at radius 3 is 2.85 bits per heavy atom. The maximum absolute atomic E-state index is 6.14. The van der Waals surface area contributed by atoms with E-state index < -0.39 is 5.62 Å². The van der Waals surface area contributed by atoms with Gasteiger partial charge in [-0.05, 0) is 24.1 Å². The maximum atomic E-state index is 6.14. The van der Waals surface area contributed by atoms with E-state index in [1.807, 2.05) is 12.1 Å². The first kappa shape index (κ1) is 13.6. The number of nitrogens with one attached hydrogen (secondary N) is 1. The van der Waals surface area contributed by atoms with Crippen LogP contribution in [0.1, 0.15) is 12.0 Å². The Bertz CT molecular complexity index is 568. The number of halogens is 2. The highest BCUT2D eigenvalue weighted by Gasteiger charge is 2.29. The predicted molar refractivity (Wildman–Crippen MR) is 81.1 cm³/mol. The number of hydrogen-bond donors (Lipinski definition) is 1. The Balaban J connectivity index is 1.77. The van der Waals surface area contributed by atoms with E-state index in [1.165, 1.54) is 5.56 Å². The molecule has 0 fully saturated rings. The monoisotopic (exact) mass is 311 g/mol. The van der Waals surface area contributed by atoms with Gasteiger partial charge in [0.15, 0.2) is 5.62 Å². The summed E-state index contributed by atoms with van der Waals surface area (Å²) in [6.07, 6.45) is 0.893. The highest BCUT2D eigenvalue weighted by atomic mass is 35.5. The third kappa shape index (κ3) is 2.58. The van der Waals surface area contributed by atoms with Gasteiger partial charge in [0, 0.05) is 18.7 Å². The fraction of sp³-hybridized carbons (Fsp3) is 0.357. The van der Waals surface area contributed by atoms with Crippen molar-refractivity contribution in [3.8, 4) is 5.75 Å². The SMILES string of the molecule is COc1ccc(CN2CCC3=C2NC(Cl)N=C3Cl)cc1. The molecule has 4 nitrogen and oxygen atoms in total. The van der Waals surface area contributed by atoms with E-state index in [4.69, 9.17) is 27.9 Å². The average molecular weight is 312 g/mol. The molecule has 106 valence electrons. The van der Waals surface area contributed by atoms with Crippen LogP contribution in [0.5, 0.6) is 5.75 Å². The van der Waals surface area contributed by atoms with Gasteiger partial charge in [0.25, 0.3) is 0 Å². The molecule has 0 spiro atoms. The van der Waals surface area contributed by atoms with Gasteiger partial charge >= 0.3 is 0 Å². The highest BCUT2D eigenvalue weighted by Crippen LogP contribution is 2.29. The second-order valence-electron chi connectivity index (χ2n) is 4.75. The van der Waals surface area contributed by atoms with E-state index >= 15 is 0 Å². The summed E-state index contributed by atoms with van der Waals surface area (Å²) in [4.78, 5) is 6.36. The molecule has 1 unspecified atom stereocenters. The lowest BCUT2D eigenvalue weighted by Crippen LogP contribution is -2.35. The molecule has 1 aromatic rings. The Kier molecular flexibility index (Phi) is 3.76. The number of ether oxygens (including phenoxy) is 1. The molecular weight excluding hydrogens is 297 g/mol.